The van der Waals surface area contributed by atoms with Crippen LogP contribution in [0.4, 0.5) is 0 Å². The van der Waals surface area contributed by atoms with E-state index in [0.29, 0.717) is 0 Å². The number of rotatable bonds is 9. The van der Waals surface area contributed by atoms with E-state index in [2.05, 4.69) is 19.2 Å². The third kappa shape index (κ3) is 11.9. The third-order valence-corrected chi connectivity index (χ3v) is 2.04. The van der Waals surface area contributed by atoms with Crippen LogP contribution in [0.2, 0.25) is 0 Å². The van der Waals surface area contributed by atoms with E-state index in [1.165, 1.54) is 25.7 Å². The van der Waals surface area contributed by atoms with Crippen molar-refractivity contribution >= 4 is 0 Å². The van der Waals surface area contributed by atoms with Crippen LogP contribution in [0.1, 0.15) is 39.5 Å². The number of hydrogen-bond donors (Lipinski definition) is 1. The number of ether oxygens (including phenoxy) is 1. The molecule has 0 saturated heterocycles. The van der Waals surface area contributed by atoms with Crippen molar-refractivity contribution in [2.75, 3.05) is 26.8 Å². The molecule has 2 nitrogen and oxygen atoms in total. The molecule has 1 N–H and O–H groups in total. The van der Waals surface area contributed by atoms with Gasteiger partial charge in [0.25, 0.3) is 0 Å². The maximum atomic E-state index is 5.50. The van der Waals surface area contributed by atoms with Gasteiger partial charge in [0.2, 0.25) is 0 Å². The molecule has 2 heteroatoms. The van der Waals surface area contributed by atoms with Gasteiger partial charge in [-0.05, 0) is 45.2 Å². The Morgan fingerprint density at radius 3 is 2.38 bits per heavy atom. The summed E-state index contributed by atoms with van der Waals surface area (Å²) in [5, 5.41) is 3.13. The summed E-state index contributed by atoms with van der Waals surface area (Å²) >= 11 is 0. The Bertz CT molecular complexity index is 94.1. The quantitative estimate of drug-likeness (QED) is 0.560. The summed E-state index contributed by atoms with van der Waals surface area (Å²) in [4.78, 5) is 0. The molecule has 0 aliphatic carbocycles. The van der Waals surface area contributed by atoms with Gasteiger partial charge in [-0.2, -0.15) is 0 Å². The van der Waals surface area contributed by atoms with Crippen molar-refractivity contribution in [1.29, 1.82) is 0 Å². The predicted molar refractivity (Wildman–Crippen MR) is 58.1 cm³/mol. The summed E-state index contributed by atoms with van der Waals surface area (Å²) < 4.78 is 5.50. The number of unbranched alkanes of at least 4 members (excludes halogenated alkanes) is 1. The standard InChI is InChI=1S/C11H25NO/c1-11(2)7-6-10-13-9-5-4-8-12-3/h11-12H,4-10H2,1-3H3. The van der Waals surface area contributed by atoms with E-state index in [0.717, 1.165) is 25.7 Å². The van der Waals surface area contributed by atoms with Crippen LogP contribution in [0.25, 0.3) is 0 Å². The van der Waals surface area contributed by atoms with Crippen molar-refractivity contribution in [1.82, 2.24) is 5.32 Å². The third-order valence-electron chi connectivity index (χ3n) is 2.04. The molecular weight excluding hydrogens is 162 g/mol. The summed E-state index contributed by atoms with van der Waals surface area (Å²) in [6.07, 6.45) is 4.91. The largest absolute Gasteiger partial charge is 0.381 e. The minimum atomic E-state index is 0.813. The molecule has 0 fully saturated rings. The van der Waals surface area contributed by atoms with Gasteiger partial charge < -0.3 is 10.1 Å². The van der Waals surface area contributed by atoms with E-state index in [-0.39, 0.29) is 0 Å². The molecule has 0 heterocycles. The highest BCUT2D eigenvalue weighted by Gasteiger charge is 1.93. The van der Waals surface area contributed by atoms with Gasteiger partial charge in [-0.1, -0.05) is 13.8 Å². The highest BCUT2D eigenvalue weighted by Crippen LogP contribution is 2.03. The second-order valence-corrected chi connectivity index (χ2v) is 3.96. The van der Waals surface area contributed by atoms with E-state index in [9.17, 15) is 0 Å². The Kier molecular flexibility index (Phi) is 9.94. The summed E-state index contributed by atoms with van der Waals surface area (Å²) in [7, 11) is 1.99. The predicted octanol–water partition coefficient (Wildman–Crippen LogP) is 2.44. The highest BCUT2D eigenvalue weighted by molar-refractivity contribution is 4.45. The molecule has 13 heavy (non-hydrogen) atoms. The Morgan fingerprint density at radius 2 is 1.77 bits per heavy atom. The lowest BCUT2D eigenvalue weighted by atomic mass is 10.1. The van der Waals surface area contributed by atoms with E-state index in [4.69, 9.17) is 4.74 Å². The van der Waals surface area contributed by atoms with Gasteiger partial charge in [0.05, 0.1) is 0 Å². The van der Waals surface area contributed by atoms with E-state index < -0.39 is 0 Å². The van der Waals surface area contributed by atoms with Gasteiger partial charge in [-0.3, -0.25) is 0 Å². The second-order valence-electron chi connectivity index (χ2n) is 3.96. The van der Waals surface area contributed by atoms with Crippen LogP contribution in [-0.4, -0.2) is 26.8 Å². The summed E-state index contributed by atoms with van der Waals surface area (Å²) in [5.74, 6) is 0.813. The van der Waals surface area contributed by atoms with Crippen LogP contribution in [0, 0.1) is 5.92 Å². The fourth-order valence-electron chi connectivity index (χ4n) is 1.20. The van der Waals surface area contributed by atoms with E-state index in [1.54, 1.807) is 0 Å². The average molecular weight is 187 g/mol. The maximum absolute atomic E-state index is 5.50. The molecule has 0 unspecified atom stereocenters. The molecule has 0 bridgehead atoms. The lowest BCUT2D eigenvalue weighted by Crippen LogP contribution is -2.08. The van der Waals surface area contributed by atoms with E-state index >= 15 is 0 Å². The van der Waals surface area contributed by atoms with E-state index in [1.807, 2.05) is 7.05 Å². The van der Waals surface area contributed by atoms with Crippen LogP contribution in [0.15, 0.2) is 0 Å². The van der Waals surface area contributed by atoms with Gasteiger partial charge in [0, 0.05) is 13.2 Å². The highest BCUT2D eigenvalue weighted by atomic mass is 16.5. The van der Waals surface area contributed by atoms with Crippen LogP contribution in [0.3, 0.4) is 0 Å². The zero-order chi connectivity index (χ0) is 9.94. The zero-order valence-corrected chi connectivity index (χ0v) is 9.44. The molecule has 0 atom stereocenters. The first-order valence-electron chi connectivity index (χ1n) is 5.49. The van der Waals surface area contributed by atoms with Crippen LogP contribution in [0.5, 0.6) is 0 Å². The van der Waals surface area contributed by atoms with Crippen molar-refractivity contribution in [2.24, 2.45) is 5.92 Å². The summed E-state index contributed by atoms with van der Waals surface area (Å²) in [5.41, 5.74) is 0. The molecule has 0 amide bonds. The first-order valence-corrected chi connectivity index (χ1v) is 5.49. The number of hydrogen-bond acceptors (Lipinski definition) is 2. The molecule has 0 aromatic heterocycles. The SMILES string of the molecule is CNCCCCOCCCC(C)C. The van der Waals surface area contributed by atoms with Gasteiger partial charge in [-0.25, -0.2) is 0 Å². The van der Waals surface area contributed by atoms with Crippen molar-refractivity contribution in [3.63, 3.8) is 0 Å². The van der Waals surface area contributed by atoms with Gasteiger partial charge in [0.15, 0.2) is 0 Å². The molecule has 0 aromatic rings. The number of nitrogens with one attached hydrogen (secondary N) is 1. The monoisotopic (exact) mass is 187 g/mol. The van der Waals surface area contributed by atoms with Crippen LogP contribution in [-0.2, 0) is 4.74 Å². The van der Waals surface area contributed by atoms with Gasteiger partial charge in [0.1, 0.15) is 0 Å². The molecule has 0 aliphatic rings. The Balaban J connectivity index is 2.84. The lowest BCUT2D eigenvalue weighted by Gasteiger charge is -2.05. The van der Waals surface area contributed by atoms with Crippen molar-refractivity contribution < 1.29 is 4.74 Å². The van der Waals surface area contributed by atoms with Crippen LogP contribution >= 0.6 is 0 Å². The molecule has 0 aliphatic heterocycles. The van der Waals surface area contributed by atoms with Crippen molar-refractivity contribution in [2.45, 2.75) is 39.5 Å². The second kappa shape index (κ2) is 10.0. The molecule has 0 saturated carbocycles. The smallest absolute Gasteiger partial charge is 0.0466 e. The van der Waals surface area contributed by atoms with Crippen LogP contribution < -0.4 is 5.32 Å². The topological polar surface area (TPSA) is 21.3 Å². The lowest BCUT2D eigenvalue weighted by molar-refractivity contribution is 0.124. The Hall–Kier alpha value is -0.0800. The first kappa shape index (κ1) is 12.9. The fourth-order valence-corrected chi connectivity index (χ4v) is 1.20. The zero-order valence-electron chi connectivity index (χ0n) is 9.44. The molecule has 0 spiro atoms. The van der Waals surface area contributed by atoms with Crippen molar-refractivity contribution in [3.8, 4) is 0 Å². The summed E-state index contributed by atoms with van der Waals surface area (Å²) in [6.45, 7) is 7.49. The van der Waals surface area contributed by atoms with Gasteiger partial charge in [-0.15, -0.1) is 0 Å². The minimum absolute atomic E-state index is 0.813. The van der Waals surface area contributed by atoms with Gasteiger partial charge >= 0.3 is 0 Å². The molecular formula is C11H25NO. The average Bonchev–Trinajstić information content (AvgIpc) is 2.09. The molecule has 0 rings (SSSR count). The Labute approximate surface area is 83.1 Å². The maximum Gasteiger partial charge on any atom is 0.0466 e. The fraction of sp³-hybridized carbons (Fsp3) is 1.00. The van der Waals surface area contributed by atoms with Crippen molar-refractivity contribution in [3.05, 3.63) is 0 Å². The molecule has 80 valence electrons. The Morgan fingerprint density at radius 1 is 1.08 bits per heavy atom. The minimum Gasteiger partial charge on any atom is -0.381 e. The normalized spacial score (nSPS) is 11.1. The molecule has 0 aromatic carbocycles. The molecule has 0 radical (unpaired) electrons. The summed E-state index contributed by atoms with van der Waals surface area (Å²) in [6, 6.07) is 0. The first-order chi connectivity index (χ1) is 6.27.